The van der Waals surface area contributed by atoms with Gasteiger partial charge in [-0.2, -0.15) is 0 Å². The van der Waals surface area contributed by atoms with E-state index >= 15 is 0 Å². The summed E-state index contributed by atoms with van der Waals surface area (Å²) >= 11 is 5.90. The van der Waals surface area contributed by atoms with Gasteiger partial charge < -0.3 is 9.47 Å². The minimum Gasteiger partial charge on any atom is -0.482 e. The normalized spacial score (nSPS) is 23.9. The molecule has 2 bridgehead atoms. The third-order valence-corrected chi connectivity index (χ3v) is 5.95. The lowest BCUT2D eigenvalue weighted by molar-refractivity contribution is -0.146. The molecule has 130 valence electrons. The van der Waals surface area contributed by atoms with Crippen molar-refractivity contribution in [3.63, 3.8) is 0 Å². The average molecular weight is 349 g/mol. The highest BCUT2D eigenvalue weighted by Gasteiger charge is 2.50. The van der Waals surface area contributed by atoms with Crippen LogP contribution < -0.4 is 4.74 Å². The quantitative estimate of drug-likeness (QED) is 0.538. The second kappa shape index (κ2) is 6.79. The number of carbonyl (C=O) groups is 1. The van der Waals surface area contributed by atoms with Gasteiger partial charge in [0.1, 0.15) is 5.75 Å². The predicted molar refractivity (Wildman–Crippen MR) is 95.3 cm³/mol. The van der Waals surface area contributed by atoms with Gasteiger partial charge >= 0.3 is 5.97 Å². The van der Waals surface area contributed by atoms with E-state index in [1.165, 1.54) is 18.4 Å². The lowest BCUT2D eigenvalue weighted by Gasteiger charge is -2.56. The topological polar surface area (TPSA) is 35.5 Å². The number of aryl methyl sites for hydroxylation is 1. The Hall–Kier alpha value is -1.48. The molecular weight excluding hydrogens is 324 g/mol. The van der Waals surface area contributed by atoms with Crippen LogP contribution in [0.25, 0.3) is 0 Å². The first kappa shape index (κ1) is 17.3. The van der Waals surface area contributed by atoms with Crippen LogP contribution in [0.15, 0.2) is 29.8 Å². The van der Waals surface area contributed by atoms with Crippen LogP contribution in [0, 0.1) is 24.2 Å². The SMILES string of the molecule is Cc1cc(Cl)ccc1OCC(=O)OCCC1=CC[C@@H]2C[C@H]1C2(C)C. The Morgan fingerprint density at radius 2 is 2.17 bits per heavy atom. The Labute approximate surface area is 149 Å². The molecule has 1 aromatic carbocycles. The zero-order valence-electron chi connectivity index (χ0n) is 14.6. The zero-order valence-corrected chi connectivity index (χ0v) is 15.4. The Kier molecular flexibility index (Phi) is 4.91. The molecule has 0 amide bonds. The van der Waals surface area contributed by atoms with Crippen LogP contribution in [0.1, 0.15) is 38.7 Å². The monoisotopic (exact) mass is 348 g/mol. The molecule has 1 aromatic rings. The first-order valence-electron chi connectivity index (χ1n) is 8.61. The van der Waals surface area contributed by atoms with Crippen LogP contribution in [0.2, 0.25) is 5.02 Å². The van der Waals surface area contributed by atoms with Gasteiger partial charge in [-0.25, -0.2) is 4.79 Å². The average Bonchev–Trinajstić information content (AvgIpc) is 2.54. The highest BCUT2D eigenvalue weighted by molar-refractivity contribution is 6.30. The molecule has 0 spiro atoms. The van der Waals surface area contributed by atoms with Crippen molar-refractivity contribution in [1.82, 2.24) is 0 Å². The fourth-order valence-electron chi connectivity index (χ4n) is 3.99. The summed E-state index contributed by atoms with van der Waals surface area (Å²) in [6.07, 6.45) is 5.66. The number of fused-ring (bicyclic) bond motifs is 1. The first-order chi connectivity index (χ1) is 11.4. The van der Waals surface area contributed by atoms with E-state index in [1.54, 1.807) is 12.1 Å². The highest BCUT2D eigenvalue weighted by atomic mass is 35.5. The van der Waals surface area contributed by atoms with Crippen LogP contribution in [-0.2, 0) is 9.53 Å². The van der Waals surface area contributed by atoms with Gasteiger partial charge in [0.15, 0.2) is 6.61 Å². The van der Waals surface area contributed by atoms with E-state index < -0.39 is 0 Å². The number of rotatable bonds is 6. The molecule has 0 unspecified atom stereocenters. The summed E-state index contributed by atoms with van der Waals surface area (Å²) in [5.74, 6) is 1.84. The van der Waals surface area contributed by atoms with Crippen molar-refractivity contribution < 1.29 is 14.3 Å². The smallest absolute Gasteiger partial charge is 0.344 e. The molecule has 3 aliphatic rings. The van der Waals surface area contributed by atoms with Crippen LogP contribution in [0.4, 0.5) is 0 Å². The molecule has 0 aliphatic heterocycles. The summed E-state index contributed by atoms with van der Waals surface area (Å²) < 4.78 is 10.8. The number of esters is 1. The lowest BCUT2D eigenvalue weighted by atomic mass is 9.48. The second-order valence-electron chi connectivity index (χ2n) is 7.49. The van der Waals surface area contributed by atoms with Crippen molar-refractivity contribution in [2.45, 2.75) is 40.0 Å². The van der Waals surface area contributed by atoms with Crippen LogP contribution in [0.5, 0.6) is 5.75 Å². The standard InChI is InChI=1S/C20H25ClO3/c1-13-10-16(21)6-7-18(13)24-12-19(22)23-9-8-14-4-5-15-11-17(14)20(15,2)3/h4,6-7,10,15,17H,5,8-9,11-12H2,1-3H3/t15-,17-/m1/s1. The Morgan fingerprint density at radius 1 is 1.38 bits per heavy atom. The molecule has 4 heteroatoms. The third-order valence-electron chi connectivity index (χ3n) is 5.72. The van der Waals surface area contributed by atoms with Crippen molar-refractivity contribution >= 4 is 17.6 Å². The van der Waals surface area contributed by atoms with E-state index in [0.717, 1.165) is 17.9 Å². The van der Waals surface area contributed by atoms with Crippen molar-refractivity contribution in [1.29, 1.82) is 0 Å². The fourth-order valence-corrected chi connectivity index (χ4v) is 4.22. The number of benzene rings is 1. The van der Waals surface area contributed by atoms with Gasteiger partial charge in [-0.05, 0) is 60.8 Å². The molecule has 4 rings (SSSR count). The third kappa shape index (κ3) is 3.46. The van der Waals surface area contributed by atoms with E-state index in [0.29, 0.717) is 28.7 Å². The Balaban J connectivity index is 1.41. The fraction of sp³-hybridized carbons (Fsp3) is 0.550. The minimum atomic E-state index is -0.327. The van der Waals surface area contributed by atoms with E-state index in [1.807, 2.05) is 13.0 Å². The van der Waals surface area contributed by atoms with Crippen molar-refractivity contribution in [3.8, 4) is 5.75 Å². The maximum atomic E-state index is 11.9. The van der Waals surface area contributed by atoms with E-state index in [2.05, 4.69) is 19.9 Å². The number of halogens is 1. The summed E-state index contributed by atoms with van der Waals surface area (Å²) in [6, 6.07) is 5.33. The number of allylic oxidation sites excluding steroid dienone is 1. The molecule has 0 saturated heterocycles. The number of hydrogen-bond donors (Lipinski definition) is 0. The summed E-state index contributed by atoms with van der Waals surface area (Å²) in [5.41, 5.74) is 2.79. The van der Waals surface area contributed by atoms with Crippen LogP contribution in [-0.4, -0.2) is 19.2 Å². The molecule has 3 nitrogen and oxygen atoms in total. The summed E-state index contributed by atoms with van der Waals surface area (Å²) in [6.45, 7) is 6.97. The molecule has 0 aromatic heterocycles. The molecule has 2 atom stereocenters. The molecule has 0 heterocycles. The van der Waals surface area contributed by atoms with Gasteiger partial charge in [-0.15, -0.1) is 0 Å². The molecular formula is C20H25ClO3. The molecule has 0 N–H and O–H groups in total. The van der Waals surface area contributed by atoms with Crippen LogP contribution in [0.3, 0.4) is 0 Å². The highest BCUT2D eigenvalue weighted by Crippen LogP contribution is 2.59. The molecule has 0 radical (unpaired) electrons. The minimum absolute atomic E-state index is 0.0709. The van der Waals surface area contributed by atoms with Crippen LogP contribution >= 0.6 is 11.6 Å². The molecule has 3 aliphatic carbocycles. The van der Waals surface area contributed by atoms with Gasteiger partial charge in [-0.3, -0.25) is 0 Å². The van der Waals surface area contributed by atoms with Gasteiger partial charge in [0, 0.05) is 11.4 Å². The van der Waals surface area contributed by atoms with E-state index in [4.69, 9.17) is 21.1 Å². The molecule has 24 heavy (non-hydrogen) atoms. The summed E-state index contributed by atoms with van der Waals surface area (Å²) in [7, 11) is 0. The van der Waals surface area contributed by atoms with Gasteiger partial charge in [0.25, 0.3) is 0 Å². The Bertz CT molecular complexity index is 663. The second-order valence-corrected chi connectivity index (χ2v) is 7.93. The van der Waals surface area contributed by atoms with E-state index in [9.17, 15) is 4.79 Å². The van der Waals surface area contributed by atoms with Gasteiger partial charge in [-0.1, -0.05) is 37.1 Å². The zero-order chi connectivity index (χ0) is 17.3. The predicted octanol–water partition coefficient (Wildman–Crippen LogP) is 4.95. The van der Waals surface area contributed by atoms with Crippen molar-refractivity contribution in [3.05, 3.63) is 40.4 Å². The van der Waals surface area contributed by atoms with Gasteiger partial charge in [0.05, 0.1) is 6.61 Å². The van der Waals surface area contributed by atoms with Crippen molar-refractivity contribution in [2.75, 3.05) is 13.2 Å². The number of ether oxygens (including phenoxy) is 2. The van der Waals surface area contributed by atoms with Crippen molar-refractivity contribution in [2.24, 2.45) is 17.3 Å². The van der Waals surface area contributed by atoms with Gasteiger partial charge in [0.2, 0.25) is 0 Å². The molecule has 1 fully saturated rings. The summed E-state index contributed by atoms with van der Waals surface area (Å²) in [5, 5.41) is 0.657. The maximum absolute atomic E-state index is 11.9. The first-order valence-corrected chi connectivity index (χ1v) is 8.99. The summed E-state index contributed by atoms with van der Waals surface area (Å²) in [4.78, 5) is 11.9. The number of carbonyl (C=O) groups excluding carboxylic acids is 1. The molecule has 1 saturated carbocycles. The lowest BCUT2D eigenvalue weighted by Crippen LogP contribution is -2.48. The Morgan fingerprint density at radius 3 is 2.83 bits per heavy atom. The maximum Gasteiger partial charge on any atom is 0.344 e. The number of hydrogen-bond acceptors (Lipinski definition) is 3. The largest absolute Gasteiger partial charge is 0.482 e. The van der Waals surface area contributed by atoms with E-state index in [-0.39, 0.29) is 12.6 Å².